The molecule has 0 radical (unpaired) electrons. The lowest BCUT2D eigenvalue weighted by molar-refractivity contribution is 0.542. The average molecular weight is 341 g/mol. The predicted molar refractivity (Wildman–Crippen MR) is 99.6 cm³/mol. The van der Waals surface area contributed by atoms with E-state index in [4.69, 9.17) is 0 Å². The van der Waals surface area contributed by atoms with Gasteiger partial charge in [-0.25, -0.2) is 9.38 Å². The number of carbonyl (C=O) groups is 1. The van der Waals surface area contributed by atoms with Crippen molar-refractivity contribution < 1.29 is 9.18 Å². The van der Waals surface area contributed by atoms with Gasteiger partial charge in [0.1, 0.15) is 11.3 Å². The van der Waals surface area contributed by atoms with Gasteiger partial charge in [0, 0.05) is 17.9 Å². The van der Waals surface area contributed by atoms with Crippen molar-refractivity contribution >= 4 is 12.1 Å². The monoisotopic (exact) mass is 341 g/mol. The Bertz CT molecular complexity index is 806. The average Bonchev–Trinajstić information content (AvgIpc) is 2.65. The number of rotatable bonds is 7. The Labute approximate surface area is 147 Å². The zero-order chi connectivity index (χ0) is 18.2. The molecule has 0 amide bonds. The van der Waals surface area contributed by atoms with E-state index in [-0.39, 0.29) is 5.82 Å². The fourth-order valence-corrected chi connectivity index (χ4v) is 2.63. The molecule has 25 heavy (non-hydrogen) atoms. The summed E-state index contributed by atoms with van der Waals surface area (Å²) in [6.45, 7) is 7.31. The Kier molecular flexibility index (Phi) is 6.69. The Morgan fingerprint density at radius 3 is 2.48 bits per heavy atom. The maximum absolute atomic E-state index is 13.1. The molecule has 4 nitrogen and oxygen atoms in total. The number of nitrogens with zero attached hydrogens (tertiary/aromatic N) is 3. The third kappa shape index (κ3) is 4.66. The zero-order valence-corrected chi connectivity index (χ0v) is 14.9. The van der Waals surface area contributed by atoms with E-state index >= 15 is 0 Å². The first-order valence-corrected chi connectivity index (χ1v) is 8.49. The lowest BCUT2D eigenvalue weighted by Crippen LogP contribution is -2.27. The number of hydrogen-bond acceptors (Lipinski definition) is 3. The summed E-state index contributed by atoms with van der Waals surface area (Å²) < 4.78 is 14.7. The van der Waals surface area contributed by atoms with Crippen molar-refractivity contribution in [3.63, 3.8) is 0 Å². The second-order valence-corrected chi connectivity index (χ2v) is 5.59. The zero-order valence-electron chi connectivity index (χ0n) is 14.9. The van der Waals surface area contributed by atoms with Crippen LogP contribution in [0, 0.1) is 5.82 Å². The van der Waals surface area contributed by atoms with E-state index in [2.05, 4.69) is 9.89 Å². The number of pyridine rings is 1. The number of likely N-dealkylation sites (N-methyl/N-ethyl adjacent to an activating group) is 1. The first-order chi connectivity index (χ1) is 12.1. The molecule has 0 saturated heterocycles. The molecule has 2 rings (SSSR count). The molecule has 1 aromatic heterocycles. The fourth-order valence-electron chi connectivity index (χ4n) is 2.63. The van der Waals surface area contributed by atoms with Gasteiger partial charge in [0.2, 0.25) is 6.41 Å². The lowest BCUT2D eigenvalue weighted by atomic mass is 10.2. The van der Waals surface area contributed by atoms with Gasteiger partial charge < -0.3 is 4.90 Å². The van der Waals surface area contributed by atoms with Gasteiger partial charge in [-0.3, -0.25) is 9.36 Å². The van der Waals surface area contributed by atoms with Crippen molar-refractivity contribution in [1.82, 2.24) is 4.57 Å². The molecule has 1 heterocycles. The second kappa shape index (κ2) is 8.97. The van der Waals surface area contributed by atoms with Crippen molar-refractivity contribution in [3.05, 3.63) is 71.2 Å². The molecular formula is C20H24FN3O. The predicted octanol–water partition coefficient (Wildman–Crippen LogP) is 3.56. The van der Waals surface area contributed by atoms with Crippen molar-refractivity contribution in [2.45, 2.75) is 27.2 Å². The number of allylic oxidation sites excluding steroid dienone is 1. The molecule has 0 aliphatic heterocycles. The highest BCUT2D eigenvalue weighted by Crippen LogP contribution is 2.16. The Balaban J connectivity index is 2.34. The molecule has 2 aromatic rings. The summed E-state index contributed by atoms with van der Waals surface area (Å²) in [6.07, 6.45) is 3.48. The summed E-state index contributed by atoms with van der Waals surface area (Å²) >= 11 is 0. The van der Waals surface area contributed by atoms with Crippen molar-refractivity contribution in [2.75, 3.05) is 18.0 Å². The van der Waals surface area contributed by atoms with E-state index in [0.29, 0.717) is 12.0 Å². The number of aryl methyl sites for hydroxylation is 1. The lowest BCUT2D eigenvalue weighted by Gasteiger charge is -2.23. The maximum atomic E-state index is 13.1. The molecule has 0 bridgehead atoms. The van der Waals surface area contributed by atoms with E-state index in [0.717, 1.165) is 36.5 Å². The Hall–Kier alpha value is -2.69. The highest BCUT2D eigenvalue weighted by atomic mass is 19.1. The standard InChI is InChI=1S/C20H24FN3O/c1-4-17(14-23(6-3)19-12-10-16(21)11-13-19)22-20-9-7-8-18(5-2)24(20)15-25/h4,7-13,15H,5-6,14H2,1-3H3/b17-4-,22-20?. The molecule has 0 N–H and O–H groups in total. The number of aromatic nitrogens is 1. The van der Waals surface area contributed by atoms with Gasteiger partial charge in [-0.2, -0.15) is 0 Å². The first kappa shape index (κ1) is 18.6. The van der Waals surface area contributed by atoms with Gasteiger partial charge in [0.05, 0.1) is 12.2 Å². The van der Waals surface area contributed by atoms with Crippen molar-refractivity contribution in [2.24, 2.45) is 4.99 Å². The first-order valence-electron chi connectivity index (χ1n) is 8.49. The van der Waals surface area contributed by atoms with Crippen LogP contribution >= 0.6 is 0 Å². The van der Waals surface area contributed by atoms with Gasteiger partial charge >= 0.3 is 0 Å². The highest BCUT2D eigenvalue weighted by Gasteiger charge is 2.07. The number of anilines is 1. The van der Waals surface area contributed by atoms with E-state index < -0.39 is 0 Å². The number of halogens is 1. The molecule has 0 fully saturated rings. The maximum Gasteiger partial charge on any atom is 0.219 e. The van der Waals surface area contributed by atoms with Crippen molar-refractivity contribution in [3.8, 4) is 0 Å². The molecular weight excluding hydrogens is 317 g/mol. The van der Waals surface area contributed by atoms with Gasteiger partial charge in [-0.15, -0.1) is 0 Å². The van der Waals surface area contributed by atoms with Crippen LogP contribution in [0.1, 0.15) is 26.5 Å². The van der Waals surface area contributed by atoms with Crippen LogP contribution in [0.3, 0.4) is 0 Å². The molecule has 0 aliphatic rings. The molecule has 1 aromatic carbocycles. The van der Waals surface area contributed by atoms with Crippen LogP contribution in [0.2, 0.25) is 0 Å². The normalized spacial score (nSPS) is 12.3. The molecule has 0 spiro atoms. The van der Waals surface area contributed by atoms with Gasteiger partial charge in [-0.1, -0.05) is 19.1 Å². The summed E-state index contributed by atoms with van der Waals surface area (Å²) in [5.41, 5.74) is 3.30. The van der Waals surface area contributed by atoms with Crippen LogP contribution in [0.25, 0.3) is 0 Å². The highest BCUT2D eigenvalue weighted by molar-refractivity contribution is 5.53. The van der Waals surface area contributed by atoms with Crippen LogP contribution in [-0.4, -0.2) is 24.1 Å². The van der Waals surface area contributed by atoms with E-state index in [1.54, 1.807) is 16.7 Å². The van der Waals surface area contributed by atoms with Crippen LogP contribution in [0.4, 0.5) is 10.1 Å². The fraction of sp³-hybridized carbons (Fsp3) is 0.300. The number of carbonyl (C=O) groups excluding carboxylic acids is 1. The summed E-state index contributed by atoms with van der Waals surface area (Å²) in [6, 6.07) is 12.1. The number of benzene rings is 1. The Morgan fingerprint density at radius 1 is 1.20 bits per heavy atom. The minimum atomic E-state index is -0.251. The van der Waals surface area contributed by atoms with Gasteiger partial charge in [-0.05, 0) is 56.7 Å². The molecule has 0 saturated carbocycles. The van der Waals surface area contributed by atoms with Gasteiger partial charge in [0.25, 0.3) is 0 Å². The summed E-state index contributed by atoms with van der Waals surface area (Å²) in [4.78, 5) is 18.2. The molecule has 0 aliphatic carbocycles. The van der Waals surface area contributed by atoms with Crippen LogP contribution in [0.5, 0.6) is 0 Å². The minimum absolute atomic E-state index is 0.251. The summed E-state index contributed by atoms with van der Waals surface area (Å²) in [5.74, 6) is -0.251. The third-order valence-electron chi connectivity index (χ3n) is 4.08. The summed E-state index contributed by atoms with van der Waals surface area (Å²) in [5, 5.41) is 0. The van der Waals surface area contributed by atoms with E-state index in [1.807, 2.05) is 45.0 Å². The largest absolute Gasteiger partial charge is 0.366 e. The second-order valence-electron chi connectivity index (χ2n) is 5.59. The molecule has 5 heteroatoms. The molecule has 0 unspecified atom stereocenters. The van der Waals surface area contributed by atoms with Crippen LogP contribution < -0.4 is 10.4 Å². The SMILES string of the molecule is C/C=C(/CN(CC)c1ccc(F)cc1)N=c1cccc(CC)n1C=O. The van der Waals surface area contributed by atoms with Gasteiger partial charge in [0.15, 0.2) is 0 Å². The molecule has 132 valence electrons. The van der Waals surface area contributed by atoms with Crippen LogP contribution in [-0.2, 0) is 11.2 Å². The van der Waals surface area contributed by atoms with E-state index in [1.165, 1.54) is 12.1 Å². The van der Waals surface area contributed by atoms with Crippen molar-refractivity contribution in [1.29, 1.82) is 0 Å². The number of hydrogen-bond donors (Lipinski definition) is 0. The summed E-state index contributed by atoms with van der Waals surface area (Å²) in [7, 11) is 0. The van der Waals surface area contributed by atoms with Crippen LogP contribution in [0.15, 0.2) is 59.2 Å². The third-order valence-corrected chi connectivity index (χ3v) is 4.08. The Morgan fingerprint density at radius 2 is 1.92 bits per heavy atom. The topological polar surface area (TPSA) is 37.6 Å². The minimum Gasteiger partial charge on any atom is -0.366 e. The van der Waals surface area contributed by atoms with E-state index in [9.17, 15) is 9.18 Å². The quantitative estimate of drug-likeness (QED) is 0.722. The smallest absolute Gasteiger partial charge is 0.219 e. The molecule has 0 atom stereocenters.